The van der Waals surface area contributed by atoms with Crippen LogP contribution in [0.1, 0.15) is 34.8 Å². The smallest absolute Gasteiger partial charge is 0.257 e. The number of hydrogen-bond acceptors (Lipinski definition) is 9. The Labute approximate surface area is 233 Å². The van der Waals surface area contributed by atoms with Gasteiger partial charge in [-0.2, -0.15) is 5.21 Å². The highest BCUT2D eigenvalue weighted by molar-refractivity contribution is 5.96. The van der Waals surface area contributed by atoms with Gasteiger partial charge in [0.1, 0.15) is 22.9 Å². The van der Waals surface area contributed by atoms with Gasteiger partial charge in [-0.3, -0.25) is 4.79 Å². The molecule has 6 rings (SSSR count). The van der Waals surface area contributed by atoms with E-state index >= 15 is 0 Å². The maximum atomic E-state index is 14.9. The molecule has 3 heterocycles. The third-order valence-electron chi connectivity index (χ3n) is 6.27. The van der Waals surface area contributed by atoms with Gasteiger partial charge >= 0.3 is 0 Å². The average Bonchev–Trinajstić information content (AvgIpc) is 3.69. The fraction of sp³-hybridized carbons (Fsp3) is 0.138. The number of carbonyl (C=O) groups excluding carboxylic acids is 1. The molecule has 0 saturated heterocycles. The van der Waals surface area contributed by atoms with E-state index < -0.39 is 11.9 Å². The highest BCUT2D eigenvalue weighted by Gasteiger charge is 2.18. The molecule has 206 valence electrons. The van der Waals surface area contributed by atoms with Gasteiger partial charge < -0.3 is 24.3 Å². The summed E-state index contributed by atoms with van der Waals surface area (Å²) in [5, 5.41) is 16.5. The number of pyridine rings is 1. The molecule has 11 nitrogen and oxygen atoms in total. The van der Waals surface area contributed by atoms with Gasteiger partial charge in [0.25, 0.3) is 5.91 Å². The van der Waals surface area contributed by atoms with Gasteiger partial charge in [0.05, 0.1) is 0 Å². The lowest BCUT2D eigenvalue weighted by Gasteiger charge is -2.13. The largest absolute Gasteiger partial charge is 0.482 e. The van der Waals surface area contributed by atoms with E-state index in [1.807, 2.05) is 12.1 Å². The van der Waals surface area contributed by atoms with Crippen molar-refractivity contribution >= 4 is 5.91 Å². The van der Waals surface area contributed by atoms with E-state index in [2.05, 4.69) is 30.9 Å². The highest BCUT2D eigenvalue weighted by atomic mass is 19.1. The SMILES string of the molecule is CC(Oc1ccc(-c2ccc(CNC(=O)c3cccnc3Oc3ccc4c(c3)OCO4)cc2)c(F)c1)c1nn[nH]n1. The van der Waals surface area contributed by atoms with Gasteiger partial charge in [-0.1, -0.05) is 29.5 Å². The molecule has 0 spiro atoms. The van der Waals surface area contributed by atoms with Crippen LogP contribution in [0.3, 0.4) is 0 Å². The van der Waals surface area contributed by atoms with E-state index in [9.17, 15) is 9.18 Å². The Hall–Kier alpha value is -5.52. The summed E-state index contributed by atoms with van der Waals surface area (Å²) in [6.07, 6.45) is 1.05. The predicted octanol–water partition coefficient (Wildman–Crippen LogP) is 4.99. The molecule has 0 fully saturated rings. The zero-order chi connectivity index (χ0) is 28.2. The van der Waals surface area contributed by atoms with Crippen molar-refractivity contribution in [2.24, 2.45) is 0 Å². The van der Waals surface area contributed by atoms with E-state index in [1.54, 1.807) is 67.7 Å². The fourth-order valence-electron chi connectivity index (χ4n) is 4.18. The van der Waals surface area contributed by atoms with Gasteiger partial charge in [-0.15, -0.1) is 10.2 Å². The van der Waals surface area contributed by atoms with Gasteiger partial charge in [-0.05, 0) is 54.4 Å². The number of hydrogen-bond donors (Lipinski definition) is 2. The highest BCUT2D eigenvalue weighted by Crippen LogP contribution is 2.36. The molecule has 0 saturated carbocycles. The third-order valence-corrected chi connectivity index (χ3v) is 6.27. The van der Waals surface area contributed by atoms with Crippen molar-refractivity contribution in [2.45, 2.75) is 19.6 Å². The van der Waals surface area contributed by atoms with Crippen molar-refractivity contribution in [3.63, 3.8) is 0 Å². The molecule has 1 aliphatic heterocycles. The molecular formula is C29H23FN6O5. The molecule has 5 aromatic rings. The van der Waals surface area contributed by atoms with Crippen LogP contribution >= 0.6 is 0 Å². The number of fused-ring (bicyclic) bond motifs is 1. The molecule has 3 aromatic carbocycles. The zero-order valence-corrected chi connectivity index (χ0v) is 21.7. The second-order valence-electron chi connectivity index (χ2n) is 9.02. The lowest BCUT2D eigenvalue weighted by atomic mass is 10.0. The first-order valence-electron chi connectivity index (χ1n) is 12.6. The normalized spacial score (nSPS) is 12.5. The number of amides is 1. The lowest BCUT2D eigenvalue weighted by Crippen LogP contribution is -2.23. The molecule has 2 aromatic heterocycles. The van der Waals surface area contributed by atoms with Crippen LogP contribution in [0.4, 0.5) is 4.39 Å². The molecule has 12 heteroatoms. The van der Waals surface area contributed by atoms with E-state index in [0.717, 1.165) is 5.56 Å². The second kappa shape index (κ2) is 11.3. The number of benzene rings is 3. The summed E-state index contributed by atoms with van der Waals surface area (Å²) < 4.78 is 37.2. The molecule has 2 N–H and O–H groups in total. The van der Waals surface area contributed by atoms with Crippen molar-refractivity contribution in [1.82, 2.24) is 30.9 Å². The molecule has 1 aliphatic rings. The molecule has 1 atom stereocenters. The first-order chi connectivity index (χ1) is 20.0. The summed E-state index contributed by atoms with van der Waals surface area (Å²) in [5.41, 5.74) is 2.21. The van der Waals surface area contributed by atoms with Crippen LogP contribution in [0.2, 0.25) is 0 Å². The van der Waals surface area contributed by atoms with Crippen molar-refractivity contribution in [1.29, 1.82) is 0 Å². The molecule has 0 bridgehead atoms. The number of carbonyl (C=O) groups is 1. The lowest BCUT2D eigenvalue weighted by molar-refractivity contribution is 0.0948. The number of rotatable bonds is 9. The monoisotopic (exact) mass is 554 g/mol. The Morgan fingerprint density at radius 1 is 1.05 bits per heavy atom. The van der Waals surface area contributed by atoms with Crippen LogP contribution in [0.15, 0.2) is 79.0 Å². The first kappa shape index (κ1) is 25.7. The van der Waals surface area contributed by atoms with Gasteiger partial charge in [-0.25, -0.2) is 9.37 Å². The van der Waals surface area contributed by atoms with Crippen LogP contribution < -0.4 is 24.3 Å². The summed E-state index contributed by atoms with van der Waals surface area (Å²) in [6.45, 7) is 2.15. The van der Waals surface area contributed by atoms with Crippen LogP contribution in [0.5, 0.6) is 28.9 Å². The molecule has 1 unspecified atom stereocenters. The summed E-state index contributed by atoms with van der Waals surface area (Å²) >= 11 is 0. The minimum absolute atomic E-state index is 0.149. The Balaban J connectivity index is 1.08. The predicted molar refractivity (Wildman–Crippen MR) is 143 cm³/mol. The van der Waals surface area contributed by atoms with Crippen molar-refractivity contribution in [3.05, 3.63) is 102 Å². The van der Waals surface area contributed by atoms with Crippen molar-refractivity contribution < 1.29 is 28.1 Å². The summed E-state index contributed by atoms with van der Waals surface area (Å²) in [4.78, 5) is 17.2. The summed E-state index contributed by atoms with van der Waals surface area (Å²) in [7, 11) is 0. The standard InChI is InChI=1S/C29H23FN6O5/c1-17(27-33-35-36-34-27)40-20-8-10-22(24(30)13-20)19-6-4-18(5-7-19)15-32-28(37)23-3-2-12-31-29(23)41-21-9-11-25-26(14-21)39-16-38-25/h2-14,17H,15-16H2,1H3,(H,32,37)(H,33,34,35,36). The molecule has 1 amide bonds. The number of aromatic amines is 1. The number of ether oxygens (including phenoxy) is 4. The number of aromatic nitrogens is 5. The van der Waals surface area contributed by atoms with Crippen molar-refractivity contribution in [3.8, 4) is 40.0 Å². The average molecular weight is 555 g/mol. The number of nitrogens with one attached hydrogen (secondary N) is 2. The minimum Gasteiger partial charge on any atom is -0.482 e. The van der Waals surface area contributed by atoms with E-state index in [0.29, 0.717) is 39.9 Å². The number of H-pyrrole nitrogens is 1. The van der Waals surface area contributed by atoms with Crippen LogP contribution in [-0.2, 0) is 6.54 Å². The topological polar surface area (TPSA) is 133 Å². The Morgan fingerprint density at radius 3 is 2.68 bits per heavy atom. The summed E-state index contributed by atoms with van der Waals surface area (Å²) in [6, 6.07) is 20.3. The third kappa shape index (κ3) is 5.76. The van der Waals surface area contributed by atoms with E-state index in [-0.39, 0.29) is 30.7 Å². The van der Waals surface area contributed by atoms with Crippen molar-refractivity contribution in [2.75, 3.05) is 6.79 Å². The van der Waals surface area contributed by atoms with Crippen LogP contribution in [0, 0.1) is 5.82 Å². The Bertz CT molecular complexity index is 1680. The van der Waals surface area contributed by atoms with Crippen LogP contribution in [-0.4, -0.2) is 38.3 Å². The fourth-order valence-corrected chi connectivity index (χ4v) is 4.18. The van der Waals surface area contributed by atoms with E-state index in [4.69, 9.17) is 18.9 Å². The second-order valence-corrected chi connectivity index (χ2v) is 9.02. The zero-order valence-electron chi connectivity index (χ0n) is 21.7. The molecule has 0 radical (unpaired) electrons. The first-order valence-corrected chi connectivity index (χ1v) is 12.6. The summed E-state index contributed by atoms with van der Waals surface area (Å²) in [5.74, 6) is 1.74. The quantitative estimate of drug-likeness (QED) is 0.258. The number of tetrazole rings is 1. The molecule has 41 heavy (non-hydrogen) atoms. The maximum absolute atomic E-state index is 14.9. The van der Waals surface area contributed by atoms with E-state index in [1.165, 1.54) is 6.07 Å². The Morgan fingerprint density at radius 2 is 1.88 bits per heavy atom. The Kier molecular flexibility index (Phi) is 7.10. The van der Waals surface area contributed by atoms with Crippen LogP contribution in [0.25, 0.3) is 11.1 Å². The minimum atomic E-state index is -0.494. The molecular weight excluding hydrogens is 531 g/mol. The number of nitrogens with zero attached hydrogens (tertiary/aromatic N) is 4. The van der Waals surface area contributed by atoms with Gasteiger partial charge in [0.15, 0.2) is 17.6 Å². The van der Waals surface area contributed by atoms with Gasteiger partial charge in [0, 0.05) is 30.4 Å². The van der Waals surface area contributed by atoms with Gasteiger partial charge in [0.2, 0.25) is 18.5 Å². The number of halogens is 1. The maximum Gasteiger partial charge on any atom is 0.257 e. The molecule has 0 aliphatic carbocycles.